The van der Waals surface area contributed by atoms with Crippen LogP contribution in [-0.2, 0) is 5.41 Å². The molecule has 0 bridgehead atoms. The Labute approximate surface area is 412 Å². The first-order valence-electron chi connectivity index (χ1n) is 24.3. The van der Waals surface area contributed by atoms with Crippen LogP contribution in [0, 0.1) is 0 Å². The molecule has 14 rings (SSSR count). The Morgan fingerprint density at radius 1 is 0.429 bits per heavy atom. The van der Waals surface area contributed by atoms with Crippen LogP contribution in [0.15, 0.2) is 261 Å². The number of rotatable bonds is 7. The fourth-order valence-electron chi connectivity index (χ4n) is 11.9. The van der Waals surface area contributed by atoms with E-state index in [1.54, 1.807) is 0 Å². The van der Waals surface area contributed by atoms with Crippen molar-refractivity contribution in [3.05, 3.63) is 288 Å². The molecule has 10 aromatic carbocycles. The lowest BCUT2D eigenvalue weighted by Crippen LogP contribution is -2.32. The average Bonchev–Trinajstić information content (AvgIpc) is 3.96. The second-order valence-electron chi connectivity index (χ2n) is 18.6. The number of para-hydroxylation sites is 3. The van der Waals surface area contributed by atoms with E-state index in [0.717, 1.165) is 29.3 Å². The second-order valence-corrected chi connectivity index (χ2v) is 19.7. The molecule has 0 radical (unpaired) electrons. The van der Waals surface area contributed by atoms with E-state index in [4.69, 9.17) is 4.74 Å². The maximum atomic E-state index is 6.66. The maximum Gasteiger partial charge on any atom is 0.132 e. The van der Waals surface area contributed by atoms with E-state index in [1.165, 1.54) is 98.2 Å². The van der Waals surface area contributed by atoms with Crippen molar-refractivity contribution < 1.29 is 4.74 Å². The van der Waals surface area contributed by atoms with E-state index in [2.05, 4.69) is 260 Å². The van der Waals surface area contributed by atoms with Crippen LogP contribution in [0.2, 0.25) is 0 Å². The van der Waals surface area contributed by atoms with Crippen LogP contribution in [0.25, 0.3) is 64.7 Å². The molecule has 2 nitrogen and oxygen atoms in total. The van der Waals surface area contributed by atoms with Gasteiger partial charge >= 0.3 is 0 Å². The van der Waals surface area contributed by atoms with Gasteiger partial charge in [0.1, 0.15) is 11.5 Å². The molecule has 330 valence electrons. The zero-order chi connectivity index (χ0) is 46.2. The van der Waals surface area contributed by atoms with Crippen LogP contribution in [0.5, 0.6) is 11.5 Å². The molecule has 0 saturated carbocycles. The van der Waals surface area contributed by atoms with Gasteiger partial charge in [-0.3, -0.25) is 0 Å². The standard InChI is InChI=1S/C67H45NOS/c1-2-19-45(20-3-1)48-21-4-5-22-49(48)50-23-6-7-24-51(50)54-26-9-14-31-60(54)68(61-32-18-36-65-66(61)55-27-10-17-35-64(55)70-65)47-40-37-44(38-41-47)46-39-42-53-52-25-8-11-28-56(52)67(59(53)43-46)57-29-12-15-33-62(57)69-63-34-16-13-30-58(63)67/h1-37,39-44H,38H2. The first-order valence-corrected chi connectivity index (χ1v) is 25.1. The van der Waals surface area contributed by atoms with Crippen molar-refractivity contribution in [1.29, 1.82) is 0 Å². The van der Waals surface area contributed by atoms with Gasteiger partial charge in [0, 0.05) is 48.5 Å². The summed E-state index contributed by atoms with van der Waals surface area (Å²) < 4.78 is 9.23. The van der Waals surface area contributed by atoms with Crippen molar-refractivity contribution in [3.63, 3.8) is 0 Å². The molecule has 0 N–H and O–H groups in total. The normalized spacial score (nSPS) is 14.9. The molecule has 1 spiro atoms. The lowest BCUT2D eigenvalue weighted by molar-refractivity contribution is 0.436. The van der Waals surface area contributed by atoms with Gasteiger partial charge in [-0.05, 0) is 105 Å². The highest BCUT2D eigenvalue weighted by Gasteiger charge is 2.51. The molecule has 1 aromatic heterocycles. The fourth-order valence-corrected chi connectivity index (χ4v) is 13.0. The summed E-state index contributed by atoms with van der Waals surface area (Å²) in [6, 6.07) is 86.7. The quantitative estimate of drug-likeness (QED) is 0.158. The summed E-state index contributed by atoms with van der Waals surface area (Å²) >= 11 is 1.87. The summed E-state index contributed by atoms with van der Waals surface area (Å²) in [4.78, 5) is 2.54. The van der Waals surface area contributed by atoms with Crippen molar-refractivity contribution in [2.45, 2.75) is 17.8 Å². The van der Waals surface area contributed by atoms with E-state index >= 15 is 0 Å². The molecular formula is C67H45NOS. The van der Waals surface area contributed by atoms with E-state index in [1.807, 2.05) is 11.3 Å². The van der Waals surface area contributed by atoms with Crippen LogP contribution in [0.1, 0.15) is 40.2 Å². The SMILES string of the molecule is C1=CC(c2ccc3c(c2)C2(c4ccccc4Oc4ccccc42)c2ccccc2-3)CC=C1N(c1ccccc1-c1ccccc1-c1ccccc1-c1ccccc1)c1cccc2sc3ccccc3c12. The Hall–Kier alpha value is -8.50. The van der Waals surface area contributed by atoms with Crippen molar-refractivity contribution in [2.24, 2.45) is 0 Å². The Morgan fingerprint density at radius 3 is 1.73 bits per heavy atom. The zero-order valence-corrected chi connectivity index (χ0v) is 39.1. The third-order valence-corrected chi connectivity index (χ3v) is 16.1. The highest BCUT2D eigenvalue weighted by molar-refractivity contribution is 7.26. The molecule has 0 saturated heterocycles. The van der Waals surface area contributed by atoms with Gasteiger partial charge in [0.05, 0.1) is 16.8 Å². The predicted molar refractivity (Wildman–Crippen MR) is 293 cm³/mol. The first kappa shape index (κ1) is 40.6. The van der Waals surface area contributed by atoms with Crippen LogP contribution >= 0.6 is 11.3 Å². The highest BCUT2D eigenvalue weighted by atomic mass is 32.1. The van der Waals surface area contributed by atoms with Crippen molar-refractivity contribution in [2.75, 3.05) is 4.90 Å². The van der Waals surface area contributed by atoms with Gasteiger partial charge in [0.2, 0.25) is 0 Å². The number of benzene rings is 10. The topological polar surface area (TPSA) is 12.5 Å². The third-order valence-electron chi connectivity index (χ3n) is 14.9. The van der Waals surface area contributed by atoms with Crippen LogP contribution in [0.3, 0.4) is 0 Å². The number of fused-ring (bicyclic) bond motifs is 12. The van der Waals surface area contributed by atoms with Gasteiger partial charge in [-0.1, -0.05) is 212 Å². The number of ether oxygens (including phenoxy) is 1. The molecule has 0 fully saturated rings. The molecule has 3 heteroatoms. The predicted octanol–water partition coefficient (Wildman–Crippen LogP) is 18.3. The number of hydrogen-bond donors (Lipinski definition) is 0. The number of hydrogen-bond acceptors (Lipinski definition) is 3. The number of anilines is 2. The maximum absolute atomic E-state index is 6.66. The molecular weight excluding hydrogens is 867 g/mol. The third kappa shape index (κ3) is 6.18. The Balaban J connectivity index is 0.918. The van der Waals surface area contributed by atoms with E-state index in [9.17, 15) is 0 Å². The average molecular weight is 912 g/mol. The zero-order valence-electron chi connectivity index (χ0n) is 38.3. The van der Waals surface area contributed by atoms with E-state index < -0.39 is 5.41 Å². The van der Waals surface area contributed by atoms with Crippen molar-refractivity contribution >= 4 is 42.9 Å². The first-order chi connectivity index (χ1) is 34.7. The van der Waals surface area contributed by atoms with Gasteiger partial charge in [-0.2, -0.15) is 0 Å². The molecule has 1 atom stereocenters. The molecule has 70 heavy (non-hydrogen) atoms. The van der Waals surface area contributed by atoms with Gasteiger partial charge in [0.25, 0.3) is 0 Å². The van der Waals surface area contributed by atoms with E-state index in [-0.39, 0.29) is 5.92 Å². The molecule has 11 aromatic rings. The summed E-state index contributed by atoms with van der Waals surface area (Å²) in [5, 5.41) is 2.55. The van der Waals surface area contributed by atoms with Gasteiger partial charge < -0.3 is 9.64 Å². The van der Waals surface area contributed by atoms with Crippen LogP contribution < -0.4 is 9.64 Å². The molecule has 1 unspecified atom stereocenters. The highest BCUT2D eigenvalue weighted by Crippen LogP contribution is 2.62. The molecule has 3 aliphatic rings. The number of thiophene rings is 1. The van der Waals surface area contributed by atoms with Crippen LogP contribution in [0.4, 0.5) is 11.4 Å². The summed E-state index contributed by atoms with van der Waals surface area (Å²) in [7, 11) is 0. The van der Waals surface area contributed by atoms with Crippen molar-refractivity contribution in [3.8, 4) is 56.0 Å². The molecule has 2 heterocycles. The minimum Gasteiger partial charge on any atom is -0.457 e. The summed E-state index contributed by atoms with van der Waals surface area (Å²) in [5.41, 5.74) is 19.0. The van der Waals surface area contributed by atoms with Gasteiger partial charge in [-0.25, -0.2) is 0 Å². The Morgan fingerprint density at radius 2 is 0.986 bits per heavy atom. The van der Waals surface area contributed by atoms with Crippen LogP contribution in [-0.4, -0.2) is 0 Å². The lowest BCUT2D eigenvalue weighted by atomic mass is 9.65. The minimum absolute atomic E-state index is 0.171. The smallest absolute Gasteiger partial charge is 0.132 e. The van der Waals surface area contributed by atoms with E-state index in [0.29, 0.717) is 0 Å². The molecule has 1 aliphatic heterocycles. The fraction of sp³-hybridized carbons (Fsp3) is 0.0448. The molecule has 0 amide bonds. The minimum atomic E-state index is -0.507. The van der Waals surface area contributed by atoms with Crippen molar-refractivity contribution in [1.82, 2.24) is 0 Å². The largest absolute Gasteiger partial charge is 0.457 e. The number of nitrogens with zero attached hydrogens (tertiary/aromatic N) is 1. The second kappa shape index (κ2) is 16.3. The summed E-state index contributed by atoms with van der Waals surface area (Å²) in [5.74, 6) is 2.00. The van der Waals surface area contributed by atoms with Gasteiger partial charge in [0.15, 0.2) is 0 Å². The Bertz CT molecular complexity index is 3890. The lowest BCUT2D eigenvalue weighted by Gasteiger charge is -2.39. The molecule has 2 aliphatic carbocycles. The number of allylic oxidation sites excluding steroid dienone is 3. The summed E-state index contributed by atoms with van der Waals surface area (Å²) in [6.45, 7) is 0. The monoisotopic (exact) mass is 911 g/mol. The summed E-state index contributed by atoms with van der Waals surface area (Å²) in [6.07, 6.45) is 8.15. The van der Waals surface area contributed by atoms with Gasteiger partial charge in [-0.15, -0.1) is 11.3 Å². The Kier molecular flexibility index (Phi) is 9.47.